The summed E-state index contributed by atoms with van der Waals surface area (Å²) in [6.45, 7) is 0. The van der Waals surface area contributed by atoms with E-state index in [9.17, 15) is 14.4 Å². The van der Waals surface area contributed by atoms with Gasteiger partial charge in [0.05, 0.1) is 11.4 Å². The summed E-state index contributed by atoms with van der Waals surface area (Å²) < 4.78 is 2.16. The van der Waals surface area contributed by atoms with Crippen molar-refractivity contribution >= 4 is 35.3 Å². The molecule has 0 bridgehead atoms. The summed E-state index contributed by atoms with van der Waals surface area (Å²) >= 11 is 0. The first-order valence-corrected chi connectivity index (χ1v) is 10.9. The van der Waals surface area contributed by atoms with Crippen molar-refractivity contribution in [1.29, 1.82) is 0 Å². The molecule has 1 saturated heterocycles. The van der Waals surface area contributed by atoms with Crippen molar-refractivity contribution < 1.29 is 14.4 Å². The lowest BCUT2D eigenvalue weighted by molar-refractivity contribution is -0.121. The first-order chi connectivity index (χ1) is 15.6. The van der Waals surface area contributed by atoms with E-state index in [0.717, 1.165) is 28.2 Å². The molecular formula is C26H23N3O3. The first-order valence-electron chi connectivity index (χ1n) is 10.9. The molecular weight excluding hydrogens is 402 g/mol. The third-order valence-electron chi connectivity index (χ3n) is 6.07. The summed E-state index contributed by atoms with van der Waals surface area (Å²) in [5.41, 5.74) is 1.57. The van der Waals surface area contributed by atoms with Gasteiger partial charge in [-0.05, 0) is 54.8 Å². The number of anilines is 2. The molecule has 0 unspecified atom stereocenters. The highest BCUT2D eigenvalue weighted by Crippen LogP contribution is 2.32. The third kappa shape index (κ3) is 3.54. The van der Waals surface area contributed by atoms with E-state index in [0.29, 0.717) is 17.4 Å². The minimum atomic E-state index is -0.682. The minimum absolute atomic E-state index is 0.0403. The molecule has 1 saturated carbocycles. The molecule has 0 N–H and O–H groups in total. The number of carbonyl (C=O) groups is 3. The van der Waals surface area contributed by atoms with Crippen LogP contribution in [0.4, 0.5) is 16.2 Å². The Bertz CT molecular complexity index is 1130. The predicted octanol–water partition coefficient (Wildman–Crippen LogP) is 5.19. The summed E-state index contributed by atoms with van der Waals surface area (Å²) in [4.78, 5) is 42.2. The van der Waals surface area contributed by atoms with Crippen LogP contribution in [-0.4, -0.2) is 22.4 Å². The van der Waals surface area contributed by atoms with Crippen LogP contribution in [0.3, 0.4) is 0 Å². The molecule has 2 aliphatic rings. The molecule has 32 heavy (non-hydrogen) atoms. The van der Waals surface area contributed by atoms with Crippen molar-refractivity contribution in [3.05, 3.63) is 90.3 Å². The van der Waals surface area contributed by atoms with E-state index < -0.39 is 17.8 Å². The van der Waals surface area contributed by atoms with E-state index in [4.69, 9.17) is 0 Å². The maximum absolute atomic E-state index is 13.4. The van der Waals surface area contributed by atoms with Crippen LogP contribution in [0.1, 0.15) is 37.3 Å². The molecule has 6 nitrogen and oxygen atoms in total. The fourth-order valence-electron chi connectivity index (χ4n) is 4.45. The number of amides is 4. The van der Waals surface area contributed by atoms with Crippen molar-refractivity contribution in [3.63, 3.8) is 0 Å². The zero-order valence-corrected chi connectivity index (χ0v) is 17.6. The number of imide groups is 2. The minimum Gasteiger partial charge on any atom is -0.351 e. The number of para-hydroxylation sites is 2. The average molecular weight is 425 g/mol. The van der Waals surface area contributed by atoms with Crippen molar-refractivity contribution in [2.75, 3.05) is 9.80 Å². The number of hydrogen-bond donors (Lipinski definition) is 0. The lowest BCUT2D eigenvalue weighted by Crippen LogP contribution is -2.57. The van der Waals surface area contributed by atoms with Crippen molar-refractivity contribution in [2.24, 2.45) is 0 Å². The fraction of sp³-hybridized carbons (Fsp3) is 0.192. The Morgan fingerprint density at radius 1 is 0.719 bits per heavy atom. The SMILES string of the molecule is O=C1C(=Cc2ccn(C3CCCC3)c2)C(=O)N(c2ccccc2)C(=O)N1c1ccccc1. The molecule has 2 heterocycles. The molecule has 3 aromatic rings. The summed E-state index contributed by atoms with van der Waals surface area (Å²) in [6.07, 6.45) is 10.3. The average Bonchev–Trinajstić information content (AvgIpc) is 3.50. The van der Waals surface area contributed by atoms with E-state index in [1.54, 1.807) is 54.6 Å². The van der Waals surface area contributed by atoms with Crippen LogP contribution in [0, 0.1) is 0 Å². The molecule has 0 spiro atoms. The van der Waals surface area contributed by atoms with Crippen molar-refractivity contribution in [2.45, 2.75) is 31.7 Å². The van der Waals surface area contributed by atoms with Crippen LogP contribution in [0.25, 0.3) is 6.08 Å². The van der Waals surface area contributed by atoms with Gasteiger partial charge >= 0.3 is 6.03 Å². The van der Waals surface area contributed by atoms with E-state index >= 15 is 0 Å². The molecule has 4 amide bonds. The van der Waals surface area contributed by atoms with Crippen LogP contribution in [-0.2, 0) is 9.59 Å². The van der Waals surface area contributed by atoms with Gasteiger partial charge in [-0.15, -0.1) is 0 Å². The lowest BCUT2D eigenvalue weighted by Gasteiger charge is -2.33. The Morgan fingerprint density at radius 2 is 1.25 bits per heavy atom. The Kier molecular flexibility index (Phi) is 5.19. The summed E-state index contributed by atoms with van der Waals surface area (Å²) in [5, 5.41) is 0. The summed E-state index contributed by atoms with van der Waals surface area (Å²) in [7, 11) is 0. The van der Waals surface area contributed by atoms with Gasteiger partial charge in [-0.3, -0.25) is 9.59 Å². The van der Waals surface area contributed by atoms with Gasteiger partial charge in [0, 0.05) is 18.4 Å². The van der Waals surface area contributed by atoms with E-state index in [-0.39, 0.29) is 5.57 Å². The quantitative estimate of drug-likeness (QED) is 0.427. The zero-order valence-electron chi connectivity index (χ0n) is 17.6. The molecule has 5 rings (SSSR count). The molecule has 0 radical (unpaired) electrons. The Hall–Kier alpha value is -3.93. The van der Waals surface area contributed by atoms with Crippen molar-refractivity contribution in [1.82, 2.24) is 4.57 Å². The Balaban J connectivity index is 1.57. The number of barbiturate groups is 1. The zero-order chi connectivity index (χ0) is 22.1. The van der Waals surface area contributed by atoms with Gasteiger partial charge < -0.3 is 4.57 Å². The molecule has 2 aromatic carbocycles. The number of nitrogens with zero attached hydrogens (tertiary/aromatic N) is 3. The van der Waals surface area contributed by atoms with Crippen LogP contribution in [0.5, 0.6) is 0 Å². The van der Waals surface area contributed by atoms with Crippen LogP contribution in [0.2, 0.25) is 0 Å². The standard InChI is InChI=1S/C26H23N3O3/c30-24-23(17-19-15-16-27(18-19)20-9-7-8-10-20)25(31)29(22-13-5-2-6-14-22)26(32)28(24)21-11-3-1-4-12-21/h1-6,11-18,20H,7-10H2. The fourth-order valence-corrected chi connectivity index (χ4v) is 4.45. The van der Waals surface area contributed by atoms with Gasteiger partial charge in [0.15, 0.2) is 0 Å². The second-order valence-electron chi connectivity index (χ2n) is 8.12. The molecule has 160 valence electrons. The van der Waals surface area contributed by atoms with Gasteiger partial charge in [0.2, 0.25) is 0 Å². The Morgan fingerprint density at radius 3 is 1.78 bits per heavy atom. The van der Waals surface area contributed by atoms with Crippen LogP contribution < -0.4 is 9.80 Å². The number of aromatic nitrogens is 1. The summed E-state index contributed by atoms with van der Waals surface area (Å²) in [5.74, 6) is -1.24. The molecule has 6 heteroatoms. The topological polar surface area (TPSA) is 62.6 Å². The van der Waals surface area contributed by atoms with E-state index in [1.807, 2.05) is 30.6 Å². The van der Waals surface area contributed by atoms with Gasteiger partial charge in [-0.2, -0.15) is 0 Å². The molecule has 2 fully saturated rings. The molecule has 1 aliphatic carbocycles. The monoisotopic (exact) mass is 425 g/mol. The summed E-state index contributed by atoms with van der Waals surface area (Å²) in [6, 6.07) is 19.1. The van der Waals surface area contributed by atoms with Gasteiger partial charge in [-0.1, -0.05) is 49.2 Å². The highest BCUT2D eigenvalue weighted by molar-refractivity contribution is 6.46. The second-order valence-corrected chi connectivity index (χ2v) is 8.12. The highest BCUT2D eigenvalue weighted by Gasteiger charge is 2.43. The van der Waals surface area contributed by atoms with Crippen molar-refractivity contribution in [3.8, 4) is 0 Å². The Labute approximate surface area is 186 Å². The number of benzene rings is 2. The first kappa shape index (κ1) is 20.0. The van der Waals surface area contributed by atoms with E-state index in [1.165, 1.54) is 12.8 Å². The van der Waals surface area contributed by atoms with Gasteiger partial charge in [0.25, 0.3) is 11.8 Å². The number of rotatable bonds is 4. The number of carbonyl (C=O) groups excluding carboxylic acids is 3. The highest BCUT2D eigenvalue weighted by atomic mass is 16.2. The molecule has 0 atom stereocenters. The molecule has 1 aliphatic heterocycles. The van der Waals surface area contributed by atoms with Crippen LogP contribution >= 0.6 is 0 Å². The predicted molar refractivity (Wildman–Crippen MR) is 123 cm³/mol. The normalized spacial score (nSPS) is 17.4. The van der Waals surface area contributed by atoms with Gasteiger partial charge in [0.1, 0.15) is 5.57 Å². The third-order valence-corrected chi connectivity index (χ3v) is 6.07. The molecule has 1 aromatic heterocycles. The lowest BCUT2D eigenvalue weighted by atomic mass is 10.1. The number of urea groups is 1. The second kappa shape index (κ2) is 8.30. The largest absolute Gasteiger partial charge is 0.351 e. The smallest absolute Gasteiger partial charge is 0.343 e. The number of hydrogen-bond acceptors (Lipinski definition) is 3. The van der Waals surface area contributed by atoms with E-state index in [2.05, 4.69) is 4.57 Å². The van der Waals surface area contributed by atoms with Crippen LogP contribution in [0.15, 0.2) is 84.7 Å². The maximum Gasteiger partial charge on any atom is 0.343 e. The van der Waals surface area contributed by atoms with Gasteiger partial charge in [-0.25, -0.2) is 14.6 Å². The maximum atomic E-state index is 13.4.